The lowest BCUT2D eigenvalue weighted by molar-refractivity contribution is -0.143. The first-order chi connectivity index (χ1) is 25.0. The number of aromatic hydroxyl groups is 1. The maximum absolute atomic E-state index is 15.1. The van der Waals surface area contributed by atoms with Gasteiger partial charge < -0.3 is 5.11 Å². The third-order valence-electron chi connectivity index (χ3n) is 10.3. The van der Waals surface area contributed by atoms with E-state index in [1.54, 1.807) is 0 Å². The van der Waals surface area contributed by atoms with Crippen LogP contribution >= 0.6 is 23.2 Å². The van der Waals surface area contributed by atoms with Gasteiger partial charge in [0, 0.05) is 5.92 Å². The highest BCUT2D eigenvalue weighted by atomic mass is 35.5. The Bertz CT molecular complexity index is 2180. The van der Waals surface area contributed by atoms with Gasteiger partial charge >= 0.3 is 12.4 Å². The molecule has 7 rings (SSSR count). The van der Waals surface area contributed by atoms with Crippen LogP contribution in [0, 0.1) is 46.8 Å². The van der Waals surface area contributed by atoms with Crippen molar-refractivity contribution in [2.24, 2.45) is 17.8 Å². The topological polar surface area (TPSA) is 95.0 Å². The summed E-state index contributed by atoms with van der Waals surface area (Å²) in [4.78, 5) is 50.2. The summed E-state index contributed by atoms with van der Waals surface area (Å²) < 4.78 is 155. The standard InChI is InChI=1S/C34H17Cl2F11N2O5/c35-31-10-18-16(5-6-17-19(18)28(52)48(27(17)51)14-8-12(33(42,43)44)7-13(9-14)34(45,46)47)20(11-1-3-15(50)4-2-11)32(31,36)30(54)49(29(31)53)26-24(40)22(38)21(37)23(39)25(26)41/h1-5,7-9,17-20,50H,6,10H2. The number of nitrogens with zero attached hydrogens (tertiary/aromatic N) is 2. The van der Waals surface area contributed by atoms with Crippen LogP contribution < -0.4 is 9.80 Å². The van der Waals surface area contributed by atoms with Crippen molar-refractivity contribution in [3.8, 4) is 5.75 Å². The number of halogens is 13. The Hall–Kier alpha value is -4.71. The molecule has 0 radical (unpaired) electrons. The SMILES string of the molecule is O=C1C2CC=C3C(CC4(Cl)C(=O)N(c5c(F)c(F)c(F)c(F)c5F)C(=O)C4(Cl)C3c3ccc(O)cc3)C2C(=O)N1c1cc(C(F)(F)F)cc(C(F)(F)F)c1. The van der Waals surface area contributed by atoms with Gasteiger partial charge in [-0.2, -0.15) is 26.3 Å². The number of hydrogen-bond acceptors (Lipinski definition) is 5. The Balaban J connectivity index is 1.40. The fraction of sp³-hybridized carbons (Fsp3) is 0.294. The number of benzene rings is 3. The number of carbonyl (C=O) groups excluding carboxylic acids is 4. The van der Waals surface area contributed by atoms with Crippen molar-refractivity contribution in [2.45, 2.75) is 40.9 Å². The number of phenols is 1. The quantitative estimate of drug-likeness (QED) is 0.0726. The van der Waals surface area contributed by atoms with Crippen molar-refractivity contribution in [2.75, 3.05) is 9.80 Å². The van der Waals surface area contributed by atoms with Crippen LogP contribution in [0.4, 0.5) is 59.7 Å². The van der Waals surface area contributed by atoms with E-state index in [-0.39, 0.29) is 40.0 Å². The van der Waals surface area contributed by atoms with Gasteiger partial charge in [0.2, 0.25) is 17.6 Å². The van der Waals surface area contributed by atoms with Gasteiger partial charge in [-0.1, -0.05) is 23.8 Å². The number of anilines is 2. The molecule has 0 spiro atoms. The minimum atomic E-state index is -5.37. The molecule has 6 atom stereocenters. The average Bonchev–Trinajstić information content (AvgIpc) is 3.44. The van der Waals surface area contributed by atoms with Crippen LogP contribution in [0.3, 0.4) is 0 Å². The van der Waals surface area contributed by atoms with E-state index < -0.39 is 139 Å². The first-order valence-corrected chi connectivity index (χ1v) is 16.2. The second-order valence-electron chi connectivity index (χ2n) is 13.1. The van der Waals surface area contributed by atoms with Gasteiger partial charge in [0.25, 0.3) is 11.8 Å². The highest BCUT2D eigenvalue weighted by Gasteiger charge is 2.77. The van der Waals surface area contributed by atoms with Gasteiger partial charge in [0.15, 0.2) is 33.0 Å². The molecule has 2 saturated heterocycles. The third-order valence-corrected chi connectivity index (χ3v) is 11.7. The summed E-state index contributed by atoms with van der Waals surface area (Å²) in [6.07, 6.45) is -10.9. The maximum atomic E-state index is 15.1. The summed E-state index contributed by atoms with van der Waals surface area (Å²) in [7, 11) is 0. The van der Waals surface area contributed by atoms with Gasteiger partial charge in [-0.15, -0.1) is 23.2 Å². The van der Waals surface area contributed by atoms with Crippen LogP contribution in [0.1, 0.15) is 35.4 Å². The Morgan fingerprint density at radius 3 is 1.72 bits per heavy atom. The summed E-state index contributed by atoms with van der Waals surface area (Å²) in [5, 5.41) is 9.96. The van der Waals surface area contributed by atoms with Gasteiger partial charge in [-0.3, -0.25) is 19.2 Å². The molecule has 2 aliphatic carbocycles. The van der Waals surface area contributed by atoms with Crippen LogP contribution in [0.5, 0.6) is 5.75 Å². The molecule has 6 unspecified atom stereocenters. The highest BCUT2D eigenvalue weighted by molar-refractivity contribution is 6.58. The number of hydrogen-bond donors (Lipinski definition) is 1. The number of allylic oxidation sites excluding steroid dienone is 2. The van der Waals surface area contributed by atoms with E-state index in [0.717, 1.165) is 24.3 Å². The molecule has 4 amide bonds. The number of imide groups is 2. The van der Waals surface area contributed by atoms with Gasteiger partial charge in [-0.25, -0.2) is 31.8 Å². The molecule has 4 aliphatic rings. The number of fused-ring (bicyclic) bond motifs is 4. The summed E-state index contributed by atoms with van der Waals surface area (Å²) in [6.45, 7) is 0. The molecule has 3 aromatic carbocycles. The molecule has 3 aromatic rings. The molecule has 0 bridgehead atoms. The first-order valence-electron chi connectivity index (χ1n) is 15.4. The lowest BCUT2D eigenvalue weighted by Gasteiger charge is -2.50. The maximum Gasteiger partial charge on any atom is 0.416 e. The Kier molecular flexibility index (Phi) is 8.28. The molecule has 2 aliphatic heterocycles. The van der Waals surface area contributed by atoms with Gasteiger partial charge in [0.05, 0.1) is 28.7 Å². The van der Waals surface area contributed by atoms with Crippen molar-refractivity contribution in [1.29, 1.82) is 0 Å². The highest BCUT2D eigenvalue weighted by Crippen LogP contribution is 2.66. The number of alkyl halides is 8. The second-order valence-corrected chi connectivity index (χ2v) is 14.3. The third kappa shape index (κ3) is 5.00. The molecule has 0 aromatic heterocycles. The molecular weight excluding hydrogens is 796 g/mol. The average molecular weight is 813 g/mol. The fourth-order valence-electron chi connectivity index (χ4n) is 7.93. The van der Waals surface area contributed by atoms with E-state index in [4.69, 9.17) is 23.2 Å². The lowest BCUT2D eigenvalue weighted by atomic mass is 9.56. The van der Waals surface area contributed by atoms with E-state index in [0.29, 0.717) is 0 Å². The summed E-state index contributed by atoms with van der Waals surface area (Å²) in [5.41, 5.74) is -6.92. The predicted molar refractivity (Wildman–Crippen MR) is 163 cm³/mol. The smallest absolute Gasteiger partial charge is 0.416 e. The van der Waals surface area contributed by atoms with Gasteiger partial charge in [-0.05, 0) is 54.7 Å². The van der Waals surface area contributed by atoms with Crippen LogP contribution in [0.25, 0.3) is 0 Å². The molecule has 54 heavy (non-hydrogen) atoms. The van der Waals surface area contributed by atoms with Crippen LogP contribution in [-0.4, -0.2) is 38.5 Å². The molecular formula is C34H17Cl2F11N2O5. The lowest BCUT2D eigenvalue weighted by Crippen LogP contribution is -2.60. The van der Waals surface area contributed by atoms with Crippen LogP contribution in [-0.2, 0) is 31.5 Å². The molecule has 3 fully saturated rings. The summed E-state index contributed by atoms with van der Waals surface area (Å²) >= 11 is 13.9. The zero-order valence-electron chi connectivity index (χ0n) is 26.2. The molecule has 2 heterocycles. The number of rotatable bonds is 3. The van der Waals surface area contributed by atoms with Crippen molar-refractivity contribution in [3.63, 3.8) is 0 Å². The van der Waals surface area contributed by atoms with Crippen molar-refractivity contribution in [3.05, 3.63) is 99.9 Å². The van der Waals surface area contributed by atoms with Crippen molar-refractivity contribution in [1.82, 2.24) is 0 Å². The van der Waals surface area contributed by atoms with E-state index in [1.165, 1.54) is 6.08 Å². The van der Waals surface area contributed by atoms with E-state index >= 15 is 8.78 Å². The normalized spacial score (nSPS) is 28.4. The molecule has 1 saturated carbocycles. The predicted octanol–water partition coefficient (Wildman–Crippen LogP) is 7.89. The zero-order valence-corrected chi connectivity index (χ0v) is 27.7. The van der Waals surface area contributed by atoms with Crippen molar-refractivity contribution < 1.29 is 72.6 Å². The van der Waals surface area contributed by atoms with E-state index in [2.05, 4.69) is 0 Å². The minimum Gasteiger partial charge on any atom is -0.508 e. The number of amides is 4. The molecule has 284 valence electrons. The zero-order chi connectivity index (χ0) is 39.8. The van der Waals surface area contributed by atoms with Crippen LogP contribution in [0.2, 0.25) is 0 Å². The Labute approximate surface area is 304 Å². The number of carbonyl (C=O) groups is 4. The summed E-state index contributed by atoms with van der Waals surface area (Å²) in [5.74, 6) is -25.9. The minimum absolute atomic E-state index is 0.0448. The fourth-order valence-corrected chi connectivity index (χ4v) is 8.86. The Morgan fingerprint density at radius 2 is 1.20 bits per heavy atom. The molecule has 7 nitrogen and oxygen atoms in total. The number of phenolic OH excluding ortho intramolecular Hbond substituents is 1. The largest absolute Gasteiger partial charge is 0.508 e. The second kappa shape index (κ2) is 11.9. The van der Waals surface area contributed by atoms with Gasteiger partial charge in [0.1, 0.15) is 11.4 Å². The molecule has 20 heteroatoms. The first kappa shape index (κ1) is 37.6. The molecule has 1 N–H and O–H groups in total. The Morgan fingerprint density at radius 1 is 0.685 bits per heavy atom. The van der Waals surface area contributed by atoms with Crippen LogP contribution in [0.15, 0.2) is 54.1 Å². The van der Waals surface area contributed by atoms with E-state index in [1.807, 2.05) is 0 Å². The summed E-state index contributed by atoms with van der Waals surface area (Å²) in [6, 6.07) is 4.55. The monoisotopic (exact) mass is 812 g/mol. The van der Waals surface area contributed by atoms with Crippen molar-refractivity contribution >= 4 is 58.2 Å². The van der Waals surface area contributed by atoms with E-state index in [9.17, 15) is 63.8 Å².